The van der Waals surface area contributed by atoms with Crippen LogP contribution in [0.15, 0.2) is 35.3 Å². The number of aromatic nitrogens is 2. The number of hydrogen-bond acceptors (Lipinski definition) is 2. The van der Waals surface area contributed by atoms with Gasteiger partial charge in [0.2, 0.25) is 0 Å². The number of fused-ring (bicyclic) bond motifs is 9. The maximum atomic E-state index is 12.9. The highest BCUT2D eigenvalue weighted by atomic mass is 16.1. The Morgan fingerprint density at radius 1 is 1.17 bits per heavy atom. The second-order valence-electron chi connectivity index (χ2n) is 8.38. The van der Waals surface area contributed by atoms with Crippen LogP contribution in [0.3, 0.4) is 0 Å². The molecule has 1 aromatic carbocycles. The average molecular weight is 318 g/mol. The SMILES string of the molecule is Cc1cn2c3c(c(=O)nc2c2ccccc12)[C@@H]1CCC3(C)C1(C)C. The molecule has 0 aliphatic heterocycles. The van der Waals surface area contributed by atoms with Crippen LogP contribution in [0.5, 0.6) is 0 Å². The lowest BCUT2D eigenvalue weighted by Crippen LogP contribution is -2.33. The van der Waals surface area contributed by atoms with E-state index in [4.69, 9.17) is 0 Å². The molecule has 1 fully saturated rings. The van der Waals surface area contributed by atoms with Crippen LogP contribution in [0.25, 0.3) is 16.4 Å². The fraction of sp³-hybridized carbons (Fsp3) is 0.429. The van der Waals surface area contributed by atoms with Crippen molar-refractivity contribution < 1.29 is 0 Å². The van der Waals surface area contributed by atoms with Gasteiger partial charge in [-0.3, -0.25) is 4.79 Å². The zero-order chi connectivity index (χ0) is 16.9. The van der Waals surface area contributed by atoms with E-state index in [0.717, 1.165) is 29.4 Å². The van der Waals surface area contributed by atoms with Gasteiger partial charge in [0.15, 0.2) is 0 Å². The fourth-order valence-electron chi connectivity index (χ4n) is 5.45. The van der Waals surface area contributed by atoms with Gasteiger partial charge in [0.25, 0.3) is 5.56 Å². The first-order chi connectivity index (χ1) is 11.4. The summed E-state index contributed by atoms with van der Waals surface area (Å²) in [6.07, 6.45) is 4.44. The number of hydrogen-bond donors (Lipinski definition) is 0. The summed E-state index contributed by atoms with van der Waals surface area (Å²) < 4.78 is 2.23. The van der Waals surface area contributed by atoms with Crippen LogP contribution in [0.4, 0.5) is 0 Å². The van der Waals surface area contributed by atoms with Crippen molar-refractivity contribution in [3.05, 3.63) is 57.6 Å². The molecule has 2 atom stereocenters. The monoisotopic (exact) mass is 318 g/mol. The van der Waals surface area contributed by atoms with Gasteiger partial charge >= 0.3 is 0 Å². The lowest BCUT2D eigenvalue weighted by molar-refractivity contribution is 0.226. The molecule has 122 valence electrons. The zero-order valence-electron chi connectivity index (χ0n) is 14.7. The third-order valence-electron chi connectivity index (χ3n) is 7.18. The van der Waals surface area contributed by atoms with E-state index in [2.05, 4.69) is 55.4 Å². The zero-order valence-corrected chi connectivity index (χ0v) is 14.7. The molecule has 0 amide bonds. The predicted octanol–water partition coefficient (Wildman–Crippen LogP) is 4.33. The molecule has 2 aliphatic carbocycles. The van der Waals surface area contributed by atoms with Gasteiger partial charge in [-0.1, -0.05) is 45.0 Å². The lowest BCUT2D eigenvalue weighted by Gasteiger charge is -2.35. The van der Waals surface area contributed by atoms with E-state index in [9.17, 15) is 4.79 Å². The van der Waals surface area contributed by atoms with Crippen molar-refractivity contribution in [2.75, 3.05) is 0 Å². The standard InChI is InChI=1S/C21H22N2O/c1-12-11-23-17-16(15-9-10-21(17,4)20(15,2)3)19(24)22-18(23)14-8-6-5-7-13(12)14/h5-8,11,15H,9-10H2,1-4H3/t15-,21?/m0/s1. The highest BCUT2D eigenvalue weighted by Crippen LogP contribution is 2.66. The normalized spacial score (nSPS) is 27.1. The van der Waals surface area contributed by atoms with Crippen LogP contribution in [0.2, 0.25) is 0 Å². The molecule has 24 heavy (non-hydrogen) atoms. The molecule has 2 aliphatic rings. The Kier molecular flexibility index (Phi) is 2.41. The first-order valence-corrected chi connectivity index (χ1v) is 8.81. The highest BCUT2D eigenvalue weighted by Gasteiger charge is 2.61. The predicted molar refractivity (Wildman–Crippen MR) is 96.8 cm³/mol. The Balaban J connectivity index is 2.04. The van der Waals surface area contributed by atoms with Gasteiger partial charge in [-0.2, -0.15) is 4.98 Å². The molecule has 0 N–H and O–H groups in total. The van der Waals surface area contributed by atoms with E-state index in [1.54, 1.807) is 0 Å². The Hall–Kier alpha value is -2.16. The molecule has 5 rings (SSSR count). The van der Waals surface area contributed by atoms with Crippen LogP contribution in [-0.2, 0) is 5.41 Å². The van der Waals surface area contributed by atoms with Crippen molar-refractivity contribution in [1.29, 1.82) is 0 Å². The minimum absolute atomic E-state index is 0.0134. The molecule has 1 unspecified atom stereocenters. The number of nitrogens with zero attached hydrogens (tertiary/aromatic N) is 2. The van der Waals surface area contributed by atoms with Gasteiger partial charge in [-0.25, -0.2) is 0 Å². The summed E-state index contributed by atoms with van der Waals surface area (Å²) in [7, 11) is 0. The van der Waals surface area contributed by atoms with Crippen molar-refractivity contribution in [3.63, 3.8) is 0 Å². The van der Waals surface area contributed by atoms with Gasteiger partial charge in [0.05, 0.1) is 0 Å². The average Bonchev–Trinajstić information content (AvgIpc) is 2.88. The molecule has 0 saturated heterocycles. The van der Waals surface area contributed by atoms with Gasteiger partial charge < -0.3 is 4.40 Å². The number of aryl methyl sites for hydroxylation is 1. The fourth-order valence-corrected chi connectivity index (χ4v) is 5.45. The molecule has 0 radical (unpaired) electrons. The summed E-state index contributed by atoms with van der Waals surface area (Å²) in [6.45, 7) is 9.14. The molecule has 1 saturated carbocycles. The van der Waals surface area contributed by atoms with Crippen LogP contribution < -0.4 is 5.56 Å². The van der Waals surface area contributed by atoms with Crippen LogP contribution in [0, 0.1) is 12.3 Å². The lowest BCUT2D eigenvalue weighted by atomic mass is 9.70. The quantitative estimate of drug-likeness (QED) is 0.578. The smallest absolute Gasteiger partial charge is 0.277 e. The van der Waals surface area contributed by atoms with E-state index in [-0.39, 0.29) is 16.4 Å². The summed E-state index contributed by atoms with van der Waals surface area (Å²) in [6, 6.07) is 8.27. The molecule has 2 aromatic heterocycles. The summed E-state index contributed by atoms with van der Waals surface area (Å²) in [5.74, 6) is 0.334. The van der Waals surface area contributed by atoms with Crippen molar-refractivity contribution >= 4 is 16.4 Å². The first kappa shape index (κ1) is 14.2. The Morgan fingerprint density at radius 3 is 2.62 bits per heavy atom. The topological polar surface area (TPSA) is 34.4 Å². The van der Waals surface area contributed by atoms with E-state index in [1.807, 2.05) is 12.1 Å². The summed E-state index contributed by atoms with van der Waals surface area (Å²) in [5.41, 5.74) is 4.36. The molecule has 2 bridgehead atoms. The molecular formula is C21H22N2O. The van der Waals surface area contributed by atoms with Crippen molar-refractivity contribution in [3.8, 4) is 0 Å². The summed E-state index contributed by atoms with van der Waals surface area (Å²) in [4.78, 5) is 17.5. The van der Waals surface area contributed by atoms with Crippen LogP contribution >= 0.6 is 0 Å². The van der Waals surface area contributed by atoms with E-state index >= 15 is 0 Å². The van der Waals surface area contributed by atoms with Crippen molar-refractivity contribution in [1.82, 2.24) is 9.38 Å². The van der Waals surface area contributed by atoms with Crippen molar-refractivity contribution in [2.24, 2.45) is 5.41 Å². The molecule has 3 heteroatoms. The minimum Gasteiger partial charge on any atom is -0.304 e. The number of rotatable bonds is 0. The molecule has 3 nitrogen and oxygen atoms in total. The summed E-state index contributed by atoms with van der Waals surface area (Å²) >= 11 is 0. The first-order valence-electron chi connectivity index (χ1n) is 8.81. The number of pyridine rings is 1. The van der Waals surface area contributed by atoms with Crippen LogP contribution in [0.1, 0.15) is 56.4 Å². The van der Waals surface area contributed by atoms with Gasteiger partial charge in [0, 0.05) is 28.3 Å². The largest absolute Gasteiger partial charge is 0.304 e. The molecule has 0 spiro atoms. The maximum absolute atomic E-state index is 12.9. The third kappa shape index (κ3) is 1.36. The second-order valence-corrected chi connectivity index (χ2v) is 8.38. The van der Waals surface area contributed by atoms with Crippen molar-refractivity contribution in [2.45, 2.75) is 51.9 Å². The van der Waals surface area contributed by atoms with Crippen LogP contribution in [-0.4, -0.2) is 9.38 Å². The van der Waals surface area contributed by atoms with E-state index in [1.165, 1.54) is 16.6 Å². The van der Waals surface area contributed by atoms with Gasteiger partial charge in [-0.05, 0) is 42.0 Å². The Bertz CT molecular complexity index is 1090. The highest BCUT2D eigenvalue weighted by molar-refractivity contribution is 5.96. The Labute approximate surface area is 141 Å². The maximum Gasteiger partial charge on any atom is 0.277 e. The van der Waals surface area contributed by atoms with Gasteiger partial charge in [-0.15, -0.1) is 0 Å². The van der Waals surface area contributed by atoms with E-state index in [0.29, 0.717) is 5.92 Å². The Morgan fingerprint density at radius 2 is 1.88 bits per heavy atom. The van der Waals surface area contributed by atoms with Gasteiger partial charge in [0.1, 0.15) is 5.65 Å². The number of benzene rings is 1. The molecule has 3 aromatic rings. The second kappa shape index (κ2) is 4.08. The third-order valence-corrected chi connectivity index (χ3v) is 7.18. The molecule has 2 heterocycles. The minimum atomic E-state index is -0.0134. The van der Waals surface area contributed by atoms with E-state index < -0.39 is 0 Å². The molecular weight excluding hydrogens is 296 g/mol. The summed E-state index contributed by atoms with van der Waals surface area (Å²) in [5, 5.41) is 2.25.